The lowest BCUT2D eigenvalue weighted by Gasteiger charge is -2.32. The number of aromatic nitrogens is 4. The minimum atomic E-state index is -0.440. The van der Waals surface area contributed by atoms with Crippen LogP contribution in [0.4, 0.5) is 0 Å². The van der Waals surface area contributed by atoms with E-state index in [2.05, 4.69) is 10.3 Å². The molecule has 0 spiro atoms. The molecule has 0 saturated carbocycles. The summed E-state index contributed by atoms with van der Waals surface area (Å²) in [6.45, 7) is 1.43. The molecule has 0 aromatic carbocycles. The smallest absolute Gasteiger partial charge is 0.332 e. The van der Waals surface area contributed by atoms with Crippen molar-refractivity contribution in [1.82, 2.24) is 28.9 Å². The monoisotopic (exact) mass is 334 g/mol. The van der Waals surface area contributed by atoms with Crippen molar-refractivity contribution in [2.75, 3.05) is 20.1 Å². The van der Waals surface area contributed by atoms with Crippen LogP contribution in [0.2, 0.25) is 0 Å². The fourth-order valence-electron chi connectivity index (χ4n) is 3.20. The maximum atomic E-state index is 12.6. The molecule has 2 aromatic heterocycles. The van der Waals surface area contributed by atoms with E-state index in [4.69, 9.17) is 0 Å². The average Bonchev–Trinajstić information content (AvgIpc) is 3.01. The minimum Gasteiger partial charge on any atom is -0.340 e. The van der Waals surface area contributed by atoms with Crippen LogP contribution in [0.1, 0.15) is 12.8 Å². The van der Waals surface area contributed by atoms with E-state index in [-0.39, 0.29) is 18.0 Å². The number of fused-ring (bicyclic) bond motifs is 1. The number of rotatable bonds is 3. The number of carbonyl (C=O) groups excluding carboxylic acids is 1. The second kappa shape index (κ2) is 6.23. The van der Waals surface area contributed by atoms with Crippen LogP contribution in [-0.4, -0.2) is 55.7 Å². The molecule has 9 heteroatoms. The number of aryl methyl sites for hydroxylation is 1. The Labute approximate surface area is 138 Å². The molecule has 0 bridgehead atoms. The van der Waals surface area contributed by atoms with Gasteiger partial charge in [-0.2, -0.15) is 0 Å². The number of likely N-dealkylation sites (N-methyl/N-ethyl adjacent to an activating group) is 1. The van der Waals surface area contributed by atoms with Crippen LogP contribution >= 0.6 is 0 Å². The fourth-order valence-corrected chi connectivity index (χ4v) is 3.20. The van der Waals surface area contributed by atoms with E-state index >= 15 is 0 Å². The standard InChI is InChI=1S/C15H22N6O3/c1-16-10-5-4-6-20(7-10)11(22)8-21-9-17-13-12(21)14(23)19(3)15(24)18(13)2/h9-10,16H,4-8H2,1-3H3. The molecule has 1 unspecified atom stereocenters. The van der Waals surface area contributed by atoms with Gasteiger partial charge in [0.25, 0.3) is 5.56 Å². The average molecular weight is 334 g/mol. The summed E-state index contributed by atoms with van der Waals surface area (Å²) in [4.78, 5) is 42.9. The lowest BCUT2D eigenvalue weighted by Crippen LogP contribution is -2.48. The fraction of sp³-hybridized carbons (Fsp3) is 0.600. The first kappa shape index (κ1) is 16.4. The largest absolute Gasteiger partial charge is 0.340 e. The van der Waals surface area contributed by atoms with E-state index in [0.717, 1.165) is 24.0 Å². The number of nitrogens with one attached hydrogen (secondary N) is 1. The van der Waals surface area contributed by atoms with Crippen molar-refractivity contribution in [3.8, 4) is 0 Å². The van der Waals surface area contributed by atoms with Gasteiger partial charge in [-0.3, -0.25) is 18.7 Å². The molecule has 0 radical (unpaired) electrons. The highest BCUT2D eigenvalue weighted by atomic mass is 16.2. The van der Waals surface area contributed by atoms with Crippen molar-refractivity contribution in [3.05, 3.63) is 27.2 Å². The predicted molar refractivity (Wildman–Crippen MR) is 88.9 cm³/mol. The van der Waals surface area contributed by atoms with Crippen LogP contribution in [0.15, 0.2) is 15.9 Å². The van der Waals surface area contributed by atoms with Gasteiger partial charge in [0.2, 0.25) is 5.91 Å². The SMILES string of the molecule is CNC1CCCN(C(=O)Cn2cnc3c2c(=O)n(C)c(=O)n3C)C1. The molecule has 1 amide bonds. The predicted octanol–water partition coefficient (Wildman–Crippen LogP) is -1.36. The van der Waals surface area contributed by atoms with Crippen LogP contribution in [0, 0.1) is 0 Å². The van der Waals surface area contributed by atoms with Crippen LogP contribution in [0.25, 0.3) is 11.2 Å². The summed E-state index contributed by atoms with van der Waals surface area (Å²) < 4.78 is 3.88. The number of hydrogen-bond acceptors (Lipinski definition) is 5. The number of piperidine rings is 1. The summed E-state index contributed by atoms with van der Waals surface area (Å²) in [5, 5.41) is 3.20. The Morgan fingerprint density at radius 3 is 2.79 bits per heavy atom. The van der Waals surface area contributed by atoms with E-state index in [1.54, 1.807) is 7.05 Å². The normalized spacial score (nSPS) is 18.3. The maximum Gasteiger partial charge on any atom is 0.332 e. The third kappa shape index (κ3) is 2.64. The van der Waals surface area contributed by atoms with Crippen molar-refractivity contribution in [2.45, 2.75) is 25.4 Å². The van der Waals surface area contributed by atoms with Crippen LogP contribution < -0.4 is 16.6 Å². The highest BCUT2D eigenvalue weighted by Gasteiger charge is 2.24. The molecule has 1 saturated heterocycles. The van der Waals surface area contributed by atoms with Gasteiger partial charge in [0.05, 0.1) is 6.33 Å². The molecule has 9 nitrogen and oxygen atoms in total. The van der Waals surface area contributed by atoms with Crippen molar-refractivity contribution in [1.29, 1.82) is 0 Å². The minimum absolute atomic E-state index is 0.0420. The van der Waals surface area contributed by atoms with Crippen LogP contribution in [-0.2, 0) is 25.4 Å². The zero-order chi connectivity index (χ0) is 17.4. The molecule has 2 aromatic rings. The summed E-state index contributed by atoms with van der Waals surface area (Å²) in [5.41, 5.74) is -0.306. The summed E-state index contributed by atoms with van der Waals surface area (Å²) in [5.74, 6) is -0.0508. The second-order valence-electron chi connectivity index (χ2n) is 6.22. The molecule has 1 aliphatic heterocycles. The summed E-state index contributed by atoms with van der Waals surface area (Å²) >= 11 is 0. The summed E-state index contributed by atoms with van der Waals surface area (Å²) in [6.07, 6.45) is 3.46. The third-order valence-corrected chi connectivity index (χ3v) is 4.71. The quantitative estimate of drug-likeness (QED) is 0.748. The Hall–Kier alpha value is -2.42. The van der Waals surface area contributed by atoms with Gasteiger partial charge in [-0.1, -0.05) is 0 Å². The van der Waals surface area contributed by atoms with E-state index in [1.165, 1.54) is 22.5 Å². The summed E-state index contributed by atoms with van der Waals surface area (Å²) in [6, 6.07) is 0.302. The van der Waals surface area contributed by atoms with Gasteiger partial charge < -0.3 is 14.8 Å². The van der Waals surface area contributed by atoms with Crippen LogP contribution in [0.3, 0.4) is 0 Å². The van der Waals surface area contributed by atoms with Gasteiger partial charge in [-0.25, -0.2) is 9.78 Å². The molecule has 0 aliphatic carbocycles. The van der Waals surface area contributed by atoms with E-state index in [9.17, 15) is 14.4 Å². The van der Waals surface area contributed by atoms with Gasteiger partial charge in [0, 0.05) is 33.2 Å². The van der Waals surface area contributed by atoms with Crippen molar-refractivity contribution in [3.63, 3.8) is 0 Å². The van der Waals surface area contributed by atoms with Crippen LogP contribution in [0.5, 0.6) is 0 Å². The van der Waals surface area contributed by atoms with Crippen molar-refractivity contribution < 1.29 is 4.79 Å². The third-order valence-electron chi connectivity index (χ3n) is 4.71. The Bertz CT molecular complexity index is 893. The Morgan fingerprint density at radius 1 is 1.33 bits per heavy atom. The molecule has 3 heterocycles. The van der Waals surface area contributed by atoms with E-state index in [1.807, 2.05) is 11.9 Å². The number of nitrogens with zero attached hydrogens (tertiary/aromatic N) is 5. The molecule has 1 atom stereocenters. The Balaban J connectivity index is 1.92. The zero-order valence-electron chi connectivity index (χ0n) is 14.2. The van der Waals surface area contributed by atoms with Gasteiger partial charge in [0.1, 0.15) is 6.54 Å². The van der Waals surface area contributed by atoms with Crippen molar-refractivity contribution >= 4 is 17.1 Å². The molecule has 1 aliphatic rings. The topological polar surface area (TPSA) is 94.2 Å². The maximum absolute atomic E-state index is 12.6. The van der Waals surface area contributed by atoms with Crippen molar-refractivity contribution in [2.24, 2.45) is 14.1 Å². The number of carbonyl (C=O) groups is 1. The van der Waals surface area contributed by atoms with E-state index < -0.39 is 11.2 Å². The number of likely N-dealkylation sites (tertiary alicyclic amines) is 1. The summed E-state index contributed by atoms with van der Waals surface area (Å²) in [7, 11) is 4.88. The first-order valence-corrected chi connectivity index (χ1v) is 8.00. The number of hydrogen-bond donors (Lipinski definition) is 1. The molecular weight excluding hydrogens is 312 g/mol. The lowest BCUT2D eigenvalue weighted by atomic mass is 10.1. The Kier molecular flexibility index (Phi) is 4.27. The second-order valence-corrected chi connectivity index (χ2v) is 6.22. The molecule has 130 valence electrons. The highest BCUT2D eigenvalue weighted by Crippen LogP contribution is 2.12. The molecule has 3 rings (SSSR count). The number of amides is 1. The zero-order valence-corrected chi connectivity index (χ0v) is 14.2. The van der Waals surface area contributed by atoms with Gasteiger partial charge in [-0.05, 0) is 19.9 Å². The lowest BCUT2D eigenvalue weighted by molar-refractivity contribution is -0.133. The van der Waals surface area contributed by atoms with Gasteiger partial charge in [-0.15, -0.1) is 0 Å². The highest BCUT2D eigenvalue weighted by molar-refractivity contribution is 5.79. The molecule has 1 N–H and O–H groups in total. The molecule has 24 heavy (non-hydrogen) atoms. The van der Waals surface area contributed by atoms with Gasteiger partial charge >= 0.3 is 5.69 Å². The first-order chi connectivity index (χ1) is 11.4. The Morgan fingerprint density at radius 2 is 2.08 bits per heavy atom. The molecular formula is C15H22N6O3. The number of imidazole rings is 1. The first-order valence-electron chi connectivity index (χ1n) is 8.00. The molecule has 1 fully saturated rings. The van der Waals surface area contributed by atoms with Gasteiger partial charge in [0.15, 0.2) is 11.2 Å². The van der Waals surface area contributed by atoms with E-state index in [0.29, 0.717) is 18.2 Å².